The highest BCUT2D eigenvalue weighted by atomic mass is 16.7. The Hall–Kier alpha value is -4.39. The summed E-state index contributed by atoms with van der Waals surface area (Å²) in [5.74, 6) is 0.418. The molecule has 2 aliphatic heterocycles. The van der Waals surface area contributed by atoms with E-state index in [4.69, 9.17) is 14.6 Å². The number of ether oxygens (including phenoxy) is 2. The maximum absolute atomic E-state index is 13.3. The largest absolute Gasteiger partial charge is 0.478 e. The SMILES string of the molecule is O=C(O)c1ccc(N2C(=O)/C(=C\c3ccc4c(c3)OCO4)N=C2c2ccccc2)cc1. The topological polar surface area (TPSA) is 88.4 Å². The number of hydrogen-bond acceptors (Lipinski definition) is 5. The predicted octanol–water partition coefficient (Wildman–Crippen LogP) is 3.95. The Kier molecular flexibility index (Phi) is 4.48. The zero-order chi connectivity index (χ0) is 21.4. The highest BCUT2D eigenvalue weighted by Crippen LogP contribution is 2.34. The highest BCUT2D eigenvalue weighted by Gasteiger charge is 2.32. The summed E-state index contributed by atoms with van der Waals surface area (Å²) < 4.78 is 10.7. The van der Waals surface area contributed by atoms with Crippen molar-refractivity contribution in [2.24, 2.45) is 4.99 Å². The second-order valence-electron chi connectivity index (χ2n) is 6.94. The maximum Gasteiger partial charge on any atom is 0.335 e. The monoisotopic (exact) mass is 412 g/mol. The van der Waals surface area contributed by atoms with E-state index in [0.717, 1.165) is 11.1 Å². The van der Waals surface area contributed by atoms with Gasteiger partial charge in [-0.05, 0) is 48.0 Å². The number of carbonyl (C=O) groups is 2. The van der Waals surface area contributed by atoms with Crippen LogP contribution in [-0.2, 0) is 4.79 Å². The molecule has 2 aliphatic rings. The van der Waals surface area contributed by atoms with Gasteiger partial charge in [0.1, 0.15) is 11.5 Å². The number of carboxylic acids is 1. The van der Waals surface area contributed by atoms with Gasteiger partial charge < -0.3 is 14.6 Å². The van der Waals surface area contributed by atoms with E-state index in [0.29, 0.717) is 23.0 Å². The molecule has 0 bridgehead atoms. The Balaban J connectivity index is 1.57. The first kappa shape index (κ1) is 18.6. The molecular formula is C24H16N2O5. The molecule has 0 radical (unpaired) electrons. The molecule has 1 amide bonds. The molecule has 0 fully saturated rings. The number of benzene rings is 3. The molecule has 152 valence electrons. The molecule has 0 spiro atoms. The number of hydrogen-bond donors (Lipinski definition) is 1. The van der Waals surface area contributed by atoms with Gasteiger partial charge in [0.25, 0.3) is 5.91 Å². The Morgan fingerprint density at radius 1 is 0.968 bits per heavy atom. The molecule has 2 heterocycles. The third kappa shape index (κ3) is 3.42. The van der Waals surface area contributed by atoms with Gasteiger partial charge in [-0.3, -0.25) is 9.69 Å². The van der Waals surface area contributed by atoms with Gasteiger partial charge in [-0.25, -0.2) is 9.79 Å². The van der Waals surface area contributed by atoms with Crippen LogP contribution in [0.3, 0.4) is 0 Å². The summed E-state index contributed by atoms with van der Waals surface area (Å²) in [6, 6.07) is 20.9. The van der Waals surface area contributed by atoms with E-state index in [1.807, 2.05) is 36.4 Å². The number of carboxylic acid groups (broad SMARTS) is 1. The number of aromatic carboxylic acids is 1. The Labute approximate surface area is 177 Å². The maximum atomic E-state index is 13.3. The molecular weight excluding hydrogens is 396 g/mol. The fourth-order valence-corrected chi connectivity index (χ4v) is 3.45. The summed E-state index contributed by atoms with van der Waals surface area (Å²) in [7, 11) is 0. The third-order valence-electron chi connectivity index (χ3n) is 4.96. The standard InChI is InChI=1S/C24H16N2O5/c27-23-19(12-15-6-11-20-21(13-15)31-14-30-20)25-22(16-4-2-1-3-5-16)26(23)18-9-7-17(8-10-18)24(28)29/h1-13H,14H2,(H,28,29)/b19-12+. The van der Waals surface area contributed by atoms with Crippen molar-refractivity contribution < 1.29 is 24.2 Å². The lowest BCUT2D eigenvalue weighted by Gasteiger charge is -2.18. The molecule has 7 heteroatoms. The number of aliphatic imine (C=N–C) groups is 1. The fraction of sp³-hybridized carbons (Fsp3) is 0.0417. The van der Waals surface area contributed by atoms with Crippen molar-refractivity contribution in [3.8, 4) is 11.5 Å². The van der Waals surface area contributed by atoms with E-state index in [9.17, 15) is 9.59 Å². The lowest BCUT2D eigenvalue weighted by atomic mass is 10.1. The predicted molar refractivity (Wildman–Crippen MR) is 114 cm³/mol. The minimum atomic E-state index is -1.03. The van der Waals surface area contributed by atoms with E-state index in [-0.39, 0.29) is 24.0 Å². The van der Waals surface area contributed by atoms with Crippen LogP contribution in [0.25, 0.3) is 6.08 Å². The Morgan fingerprint density at radius 2 is 1.71 bits per heavy atom. The average molecular weight is 412 g/mol. The van der Waals surface area contributed by atoms with Crippen molar-refractivity contribution in [1.29, 1.82) is 0 Å². The summed E-state index contributed by atoms with van der Waals surface area (Å²) >= 11 is 0. The second-order valence-corrected chi connectivity index (χ2v) is 6.94. The first-order chi connectivity index (χ1) is 15.1. The van der Waals surface area contributed by atoms with Crippen LogP contribution in [0, 0.1) is 0 Å². The van der Waals surface area contributed by atoms with E-state index in [1.54, 1.807) is 30.3 Å². The van der Waals surface area contributed by atoms with Crippen LogP contribution in [-0.4, -0.2) is 29.6 Å². The third-order valence-corrected chi connectivity index (χ3v) is 4.96. The smallest absolute Gasteiger partial charge is 0.335 e. The van der Waals surface area contributed by atoms with Gasteiger partial charge >= 0.3 is 5.97 Å². The van der Waals surface area contributed by atoms with E-state index < -0.39 is 5.97 Å². The number of anilines is 1. The number of carbonyl (C=O) groups excluding carboxylic acids is 1. The van der Waals surface area contributed by atoms with E-state index >= 15 is 0 Å². The van der Waals surface area contributed by atoms with Gasteiger partial charge in [-0.1, -0.05) is 36.4 Å². The van der Waals surface area contributed by atoms with E-state index in [2.05, 4.69) is 4.99 Å². The summed E-state index contributed by atoms with van der Waals surface area (Å²) in [6.07, 6.45) is 1.69. The highest BCUT2D eigenvalue weighted by molar-refractivity contribution is 6.33. The van der Waals surface area contributed by atoms with Crippen molar-refractivity contribution in [3.05, 3.63) is 95.2 Å². The van der Waals surface area contributed by atoms with Gasteiger partial charge in [-0.2, -0.15) is 0 Å². The zero-order valence-electron chi connectivity index (χ0n) is 16.2. The molecule has 0 aromatic heterocycles. The Bertz CT molecular complexity index is 1250. The average Bonchev–Trinajstić information content (AvgIpc) is 3.39. The number of nitrogens with zero attached hydrogens (tertiary/aromatic N) is 2. The number of amidine groups is 1. The van der Waals surface area contributed by atoms with Crippen LogP contribution in [0.1, 0.15) is 21.5 Å². The molecule has 0 unspecified atom stereocenters. The zero-order valence-corrected chi connectivity index (χ0v) is 16.2. The minimum absolute atomic E-state index is 0.143. The molecule has 0 aliphatic carbocycles. The van der Waals surface area contributed by atoms with Gasteiger partial charge in [0.15, 0.2) is 11.5 Å². The normalized spacial score (nSPS) is 16.0. The van der Waals surface area contributed by atoms with Crippen molar-refractivity contribution in [2.45, 2.75) is 0 Å². The molecule has 3 aromatic carbocycles. The molecule has 0 saturated heterocycles. The molecule has 3 aromatic rings. The minimum Gasteiger partial charge on any atom is -0.478 e. The number of fused-ring (bicyclic) bond motifs is 1. The van der Waals surface area contributed by atoms with Crippen molar-refractivity contribution in [1.82, 2.24) is 0 Å². The van der Waals surface area contributed by atoms with Crippen LogP contribution in [0.4, 0.5) is 5.69 Å². The Morgan fingerprint density at radius 3 is 2.45 bits per heavy atom. The summed E-state index contributed by atoms with van der Waals surface area (Å²) in [5, 5.41) is 9.16. The van der Waals surface area contributed by atoms with Crippen LogP contribution in [0.5, 0.6) is 11.5 Å². The first-order valence-corrected chi connectivity index (χ1v) is 9.53. The second kappa shape index (κ2) is 7.46. The van der Waals surface area contributed by atoms with Crippen molar-refractivity contribution >= 4 is 29.5 Å². The lowest BCUT2D eigenvalue weighted by Crippen LogP contribution is -2.32. The van der Waals surface area contributed by atoms with E-state index in [1.165, 1.54) is 17.0 Å². The molecule has 31 heavy (non-hydrogen) atoms. The van der Waals surface area contributed by atoms with Crippen LogP contribution in [0.15, 0.2) is 83.5 Å². The van der Waals surface area contributed by atoms with Crippen molar-refractivity contribution in [3.63, 3.8) is 0 Å². The number of rotatable bonds is 4. The van der Waals surface area contributed by atoms with Crippen LogP contribution < -0.4 is 14.4 Å². The van der Waals surface area contributed by atoms with Gasteiger partial charge in [-0.15, -0.1) is 0 Å². The molecule has 5 rings (SSSR count). The quantitative estimate of drug-likeness (QED) is 0.656. The molecule has 0 atom stereocenters. The summed E-state index contributed by atoms with van der Waals surface area (Å²) in [6.45, 7) is 0.171. The van der Waals surface area contributed by atoms with Gasteiger partial charge in [0.05, 0.1) is 11.3 Å². The summed E-state index contributed by atoms with van der Waals surface area (Å²) in [4.78, 5) is 30.6. The van der Waals surface area contributed by atoms with Crippen LogP contribution in [0.2, 0.25) is 0 Å². The van der Waals surface area contributed by atoms with Crippen molar-refractivity contribution in [2.75, 3.05) is 11.7 Å². The number of amides is 1. The van der Waals surface area contributed by atoms with Gasteiger partial charge in [0.2, 0.25) is 6.79 Å². The van der Waals surface area contributed by atoms with Gasteiger partial charge in [0, 0.05) is 5.56 Å². The molecule has 1 N–H and O–H groups in total. The lowest BCUT2D eigenvalue weighted by molar-refractivity contribution is -0.113. The first-order valence-electron chi connectivity index (χ1n) is 9.53. The fourth-order valence-electron chi connectivity index (χ4n) is 3.45. The molecule has 0 saturated carbocycles. The molecule has 7 nitrogen and oxygen atoms in total. The summed E-state index contributed by atoms with van der Waals surface area (Å²) in [5.41, 5.74) is 2.47. The van der Waals surface area contributed by atoms with Crippen LogP contribution >= 0.6 is 0 Å².